The number of piperidine rings is 1. The standard InChI is InChI=1S/C16H23N3O4S/c1-4-7-17-15-6-5-14(9-16(15)19(20)21)24(22,23)18-10-12(2)8-13(3)11-18/h4-6,9,12-13,17H,1,7-8,10-11H2,2-3H3/t12-,13+. The average molecular weight is 353 g/mol. The minimum absolute atomic E-state index is 0.0420. The number of nitro benzene ring substituents is 1. The van der Waals surface area contributed by atoms with Gasteiger partial charge >= 0.3 is 0 Å². The highest BCUT2D eigenvalue weighted by Gasteiger charge is 2.32. The average Bonchev–Trinajstić information content (AvgIpc) is 2.51. The zero-order valence-electron chi connectivity index (χ0n) is 13.9. The second kappa shape index (κ2) is 7.31. The molecule has 0 bridgehead atoms. The largest absolute Gasteiger partial charge is 0.376 e. The van der Waals surface area contributed by atoms with E-state index in [1.54, 1.807) is 6.08 Å². The van der Waals surface area contributed by atoms with Crippen molar-refractivity contribution in [1.82, 2.24) is 4.31 Å². The van der Waals surface area contributed by atoms with Gasteiger partial charge < -0.3 is 5.32 Å². The Balaban J connectivity index is 2.38. The molecule has 1 heterocycles. The molecule has 0 aliphatic carbocycles. The summed E-state index contributed by atoms with van der Waals surface area (Å²) in [5.74, 6) is 0.541. The fourth-order valence-corrected chi connectivity index (χ4v) is 4.81. The van der Waals surface area contributed by atoms with Gasteiger partial charge in [0.05, 0.1) is 9.82 Å². The van der Waals surface area contributed by atoms with Crippen LogP contribution in [0.25, 0.3) is 0 Å². The number of anilines is 1. The highest BCUT2D eigenvalue weighted by molar-refractivity contribution is 7.89. The summed E-state index contributed by atoms with van der Waals surface area (Å²) in [7, 11) is -3.74. The van der Waals surface area contributed by atoms with Crippen LogP contribution in [0.4, 0.5) is 11.4 Å². The maximum Gasteiger partial charge on any atom is 0.293 e. The quantitative estimate of drug-likeness (QED) is 0.482. The lowest BCUT2D eigenvalue weighted by Gasteiger charge is -2.34. The van der Waals surface area contributed by atoms with Gasteiger partial charge in [-0.2, -0.15) is 4.31 Å². The first kappa shape index (κ1) is 18.4. The van der Waals surface area contributed by atoms with E-state index < -0.39 is 14.9 Å². The predicted octanol–water partition coefficient (Wildman–Crippen LogP) is 2.86. The van der Waals surface area contributed by atoms with Gasteiger partial charge in [0.15, 0.2) is 0 Å². The lowest BCUT2D eigenvalue weighted by atomic mass is 9.94. The van der Waals surface area contributed by atoms with E-state index in [1.165, 1.54) is 16.4 Å². The first-order valence-corrected chi connectivity index (χ1v) is 9.33. The van der Waals surface area contributed by atoms with Crippen molar-refractivity contribution in [2.45, 2.75) is 25.2 Å². The van der Waals surface area contributed by atoms with Crippen LogP contribution in [0.15, 0.2) is 35.7 Å². The van der Waals surface area contributed by atoms with Gasteiger partial charge in [0.25, 0.3) is 5.69 Å². The Hall–Kier alpha value is -1.93. The zero-order valence-corrected chi connectivity index (χ0v) is 14.8. The maximum atomic E-state index is 12.8. The first-order valence-electron chi connectivity index (χ1n) is 7.89. The number of rotatable bonds is 6. The van der Waals surface area contributed by atoms with Gasteiger partial charge in [-0.25, -0.2) is 8.42 Å². The molecule has 1 aromatic carbocycles. The molecule has 0 amide bonds. The first-order chi connectivity index (χ1) is 11.3. The molecule has 132 valence electrons. The van der Waals surface area contributed by atoms with Crippen molar-refractivity contribution in [3.8, 4) is 0 Å². The predicted molar refractivity (Wildman–Crippen MR) is 93.5 cm³/mol. The van der Waals surface area contributed by atoms with E-state index in [1.807, 2.05) is 13.8 Å². The molecule has 1 aliphatic heterocycles. The molecule has 0 spiro atoms. The molecule has 1 N–H and O–H groups in total. The van der Waals surface area contributed by atoms with Gasteiger partial charge in [-0.05, 0) is 30.4 Å². The summed E-state index contributed by atoms with van der Waals surface area (Å²) < 4.78 is 27.1. The van der Waals surface area contributed by atoms with E-state index in [0.29, 0.717) is 19.6 Å². The van der Waals surface area contributed by atoms with Gasteiger partial charge in [0, 0.05) is 25.7 Å². The van der Waals surface area contributed by atoms with Crippen LogP contribution >= 0.6 is 0 Å². The summed E-state index contributed by atoms with van der Waals surface area (Å²) in [5, 5.41) is 14.1. The molecule has 8 heteroatoms. The van der Waals surface area contributed by atoms with Crippen molar-refractivity contribution in [3.63, 3.8) is 0 Å². The highest BCUT2D eigenvalue weighted by atomic mass is 32.2. The van der Waals surface area contributed by atoms with Crippen LogP contribution in [0.2, 0.25) is 0 Å². The van der Waals surface area contributed by atoms with E-state index in [2.05, 4.69) is 11.9 Å². The Morgan fingerprint density at radius 2 is 2.00 bits per heavy atom. The summed E-state index contributed by atoms with van der Waals surface area (Å²) in [4.78, 5) is 10.7. The van der Waals surface area contributed by atoms with E-state index in [4.69, 9.17) is 0 Å². The number of nitrogens with one attached hydrogen (secondary N) is 1. The van der Waals surface area contributed by atoms with Gasteiger partial charge in [0.2, 0.25) is 10.0 Å². The Morgan fingerprint density at radius 3 is 2.54 bits per heavy atom. The van der Waals surface area contributed by atoms with Crippen molar-refractivity contribution in [3.05, 3.63) is 41.0 Å². The summed E-state index contributed by atoms with van der Waals surface area (Å²) in [6, 6.07) is 3.98. The molecule has 1 aliphatic rings. The molecule has 0 saturated carbocycles. The lowest BCUT2D eigenvalue weighted by molar-refractivity contribution is -0.384. The lowest BCUT2D eigenvalue weighted by Crippen LogP contribution is -2.42. The van der Waals surface area contributed by atoms with Crippen molar-refractivity contribution in [2.75, 3.05) is 25.0 Å². The molecule has 2 atom stereocenters. The van der Waals surface area contributed by atoms with Crippen molar-refractivity contribution in [2.24, 2.45) is 11.8 Å². The van der Waals surface area contributed by atoms with Gasteiger partial charge in [-0.3, -0.25) is 10.1 Å². The van der Waals surface area contributed by atoms with Crippen LogP contribution in [-0.2, 0) is 10.0 Å². The van der Waals surface area contributed by atoms with E-state index in [9.17, 15) is 18.5 Å². The molecule has 0 radical (unpaired) electrons. The third-order valence-electron chi connectivity index (χ3n) is 4.08. The molecule has 24 heavy (non-hydrogen) atoms. The molecule has 0 aromatic heterocycles. The summed E-state index contributed by atoms with van der Waals surface area (Å²) in [5.41, 5.74) is 0.0234. The normalized spacial score (nSPS) is 22.1. The summed E-state index contributed by atoms with van der Waals surface area (Å²) in [6.45, 7) is 8.82. The zero-order chi connectivity index (χ0) is 17.9. The maximum absolute atomic E-state index is 12.8. The van der Waals surface area contributed by atoms with Gasteiger partial charge in [-0.15, -0.1) is 6.58 Å². The molecular formula is C16H23N3O4S. The van der Waals surface area contributed by atoms with Crippen LogP contribution in [0, 0.1) is 22.0 Å². The Morgan fingerprint density at radius 1 is 1.38 bits per heavy atom. The number of benzene rings is 1. The summed E-state index contributed by atoms with van der Waals surface area (Å²) >= 11 is 0. The van der Waals surface area contributed by atoms with Crippen LogP contribution in [-0.4, -0.2) is 37.3 Å². The van der Waals surface area contributed by atoms with E-state index in [0.717, 1.165) is 12.5 Å². The second-order valence-corrected chi connectivity index (χ2v) is 8.31. The Bertz CT molecular complexity index is 723. The molecule has 1 fully saturated rings. The fraction of sp³-hybridized carbons (Fsp3) is 0.500. The number of sulfonamides is 1. The SMILES string of the molecule is C=CCNc1ccc(S(=O)(=O)N2C[C@H](C)C[C@H](C)C2)cc1[N+](=O)[O-]. The van der Waals surface area contributed by atoms with Crippen LogP contribution in [0.5, 0.6) is 0 Å². The van der Waals surface area contributed by atoms with Gasteiger partial charge in [0.1, 0.15) is 5.69 Å². The Kier molecular flexibility index (Phi) is 5.61. The third-order valence-corrected chi connectivity index (χ3v) is 5.90. The monoisotopic (exact) mass is 353 g/mol. The fourth-order valence-electron chi connectivity index (χ4n) is 3.11. The number of hydrogen-bond acceptors (Lipinski definition) is 5. The van der Waals surface area contributed by atoms with Gasteiger partial charge in [-0.1, -0.05) is 19.9 Å². The van der Waals surface area contributed by atoms with Crippen LogP contribution < -0.4 is 5.32 Å². The smallest absolute Gasteiger partial charge is 0.293 e. The molecular weight excluding hydrogens is 330 g/mol. The molecule has 2 rings (SSSR count). The topological polar surface area (TPSA) is 92.6 Å². The molecule has 0 unspecified atom stereocenters. The summed E-state index contributed by atoms with van der Waals surface area (Å²) in [6.07, 6.45) is 2.56. The molecule has 1 aromatic rings. The number of nitro groups is 1. The number of hydrogen-bond donors (Lipinski definition) is 1. The molecule has 7 nitrogen and oxygen atoms in total. The minimum Gasteiger partial charge on any atom is -0.376 e. The van der Waals surface area contributed by atoms with Crippen LogP contribution in [0.3, 0.4) is 0 Å². The third kappa shape index (κ3) is 3.93. The van der Waals surface area contributed by atoms with Crippen molar-refractivity contribution >= 4 is 21.4 Å². The molecule has 1 saturated heterocycles. The van der Waals surface area contributed by atoms with Crippen molar-refractivity contribution < 1.29 is 13.3 Å². The Labute approximate surface area is 142 Å². The number of nitrogens with zero attached hydrogens (tertiary/aromatic N) is 2. The second-order valence-electron chi connectivity index (χ2n) is 6.37. The highest BCUT2D eigenvalue weighted by Crippen LogP contribution is 2.31. The minimum atomic E-state index is -3.74. The van der Waals surface area contributed by atoms with Crippen LogP contribution in [0.1, 0.15) is 20.3 Å². The van der Waals surface area contributed by atoms with E-state index in [-0.39, 0.29) is 28.1 Å². The van der Waals surface area contributed by atoms with Crippen molar-refractivity contribution in [1.29, 1.82) is 0 Å². The van der Waals surface area contributed by atoms with E-state index >= 15 is 0 Å².